The summed E-state index contributed by atoms with van der Waals surface area (Å²) in [6, 6.07) is 0. The number of nitrogens with one attached hydrogen (secondary N) is 1. The average Bonchev–Trinajstić information content (AvgIpc) is 2.75. The van der Waals surface area contributed by atoms with Crippen molar-refractivity contribution < 1.29 is 14.3 Å². The summed E-state index contributed by atoms with van der Waals surface area (Å²) in [5.74, 6) is -0.0683. The second-order valence-corrected chi connectivity index (χ2v) is 5.53. The SMILES string of the molecule is CCOC(=O)CSc1nnc(NC(=O)CCCl)s1. The summed E-state index contributed by atoms with van der Waals surface area (Å²) in [6.07, 6.45) is 0.229. The predicted molar refractivity (Wildman–Crippen MR) is 71.2 cm³/mol. The van der Waals surface area contributed by atoms with Crippen LogP contribution < -0.4 is 5.32 Å². The maximum atomic E-state index is 11.2. The summed E-state index contributed by atoms with van der Waals surface area (Å²) in [6.45, 7) is 2.10. The number of thioether (sulfide) groups is 1. The third-order valence-electron chi connectivity index (χ3n) is 1.59. The van der Waals surface area contributed by atoms with Crippen LogP contribution in [-0.2, 0) is 14.3 Å². The van der Waals surface area contributed by atoms with Gasteiger partial charge in [-0.3, -0.25) is 9.59 Å². The molecule has 0 fully saturated rings. The lowest BCUT2D eigenvalue weighted by Gasteiger charge is -1.98. The zero-order valence-corrected chi connectivity index (χ0v) is 12.0. The highest BCUT2D eigenvalue weighted by Crippen LogP contribution is 2.25. The molecule has 18 heavy (non-hydrogen) atoms. The van der Waals surface area contributed by atoms with Crippen molar-refractivity contribution in [3.63, 3.8) is 0 Å². The molecule has 1 rings (SSSR count). The van der Waals surface area contributed by atoms with Gasteiger partial charge in [0.05, 0.1) is 12.4 Å². The standard InChI is InChI=1S/C9H12ClN3O3S2/c1-2-16-7(15)5-17-9-13-12-8(18-9)11-6(14)3-4-10/h2-5H2,1H3,(H,11,12,14). The van der Waals surface area contributed by atoms with E-state index in [9.17, 15) is 9.59 Å². The number of amides is 1. The molecule has 1 aromatic rings. The molecule has 0 saturated heterocycles. The monoisotopic (exact) mass is 309 g/mol. The molecule has 0 aliphatic carbocycles. The number of rotatable bonds is 7. The summed E-state index contributed by atoms with van der Waals surface area (Å²) in [5, 5.41) is 10.6. The van der Waals surface area contributed by atoms with Gasteiger partial charge >= 0.3 is 5.97 Å². The van der Waals surface area contributed by atoms with Crippen LogP contribution in [0.3, 0.4) is 0 Å². The van der Waals surface area contributed by atoms with Gasteiger partial charge in [-0.15, -0.1) is 21.8 Å². The number of carbonyl (C=O) groups is 2. The Labute approximate surface area is 117 Å². The number of nitrogens with zero attached hydrogens (tertiary/aromatic N) is 2. The lowest BCUT2D eigenvalue weighted by atomic mass is 10.5. The Kier molecular flexibility index (Phi) is 6.99. The smallest absolute Gasteiger partial charge is 0.316 e. The van der Waals surface area contributed by atoms with Crippen molar-refractivity contribution >= 4 is 51.7 Å². The van der Waals surface area contributed by atoms with E-state index < -0.39 is 0 Å². The molecule has 0 saturated carbocycles. The number of alkyl halides is 1. The molecule has 1 heterocycles. The Morgan fingerprint density at radius 2 is 2.28 bits per heavy atom. The first-order valence-electron chi connectivity index (χ1n) is 5.13. The minimum Gasteiger partial charge on any atom is -0.465 e. The van der Waals surface area contributed by atoms with E-state index >= 15 is 0 Å². The first-order chi connectivity index (χ1) is 8.65. The van der Waals surface area contributed by atoms with Crippen molar-refractivity contribution in [2.45, 2.75) is 17.7 Å². The van der Waals surface area contributed by atoms with Gasteiger partial charge in [0.25, 0.3) is 0 Å². The number of ether oxygens (including phenoxy) is 1. The molecule has 0 atom stereocenters. The Morgan fingerprint density at radius 3 is 2.94 bits per heavy atom. The van der Waals surface area contributed by atoms with E-state index in [1.807, 2.05) is 0 Å². The molecular weight excluding hydrogens is 298 g/mol. The highest BCUT2D eigenvalue weighted by Gasteiger charge is 2.10. The molecule has 1 N–H and O–H groups in total. The van der Waals surface area contributed by atoms with E-state index in [4.69, 9.17) is 16.3 Å². The second-order valence-electron chi connectivity index (χ2n) is 2.95. The number of halogens is 1. The Hall–Kier alpha value is -0.860. The molecule has 0 aliphatic rings. The number of aromatic nitrogens is 2. The van der Waals surface area contributed by atoms with Gasteiger partial charge in [0, 0.05) is 12.3 Å². The molecule has 6 nitrogen and oxygen atoms in total. The third kappa shape index (κ3) is 5.65. The van der Waals surface area contributed by atoms with Gasteiger partial charge in [0.1, 0.15) is 0 Å². The van der Waals surface area contributed by atoms with Gasteiger partial charge in [-0.05, 0) is 6.92 Å². The van der Waals surface area contributed by atoms with E-state index in [0.29, 0.717) is 16.1 Å². The summed E-state index contributed by atoms with van der Waals surface area (Å²) < 4.78 is 5.38. The molecule has 0 aliphatic heterocycles. The van der Waals surface area contributed by atoms with Gasteiger partial charge in [-0.1, -0.05) is 23.1 Å². The normalized spacial score (nSPS) is 10.1. The number of esters is 1. The zero-order chi connectivity index (χ0) is 13.4. The van der Waals surface area contributed by atoms with Crippen LogP contribution in [-0.4, -0.2) is 40.3 Å². The number of anilines is 1. The fourth-order valence-corrected chi connectivity index (χ4v) is 2.65. The maximum absolute atomic E-state index is 11.2. The molecule has 0 aromatic carbocycles. The quantitative estimate of drug-likeness (QED) is 0.358. The van der Waals surface area contributed by atoms with Crippen LogP contribution in [0.1, 0.15) is 13.3 Å². The Balaban J connectivity index is 2.38. The van der Waals surface area contributed by atoms with Crippen molar-refractivity contribution in [3.05, 3.63) is 0 Å². The van der Waals surface area contributed by atoms with Crippen LogP contribution in [0, 0.1) is 0 Å². The fourth-order valence-electron chi connectivity index (χ4n) is 0.910. The van der Waals surface area contributed by atoms with Gasteiger partial charge in [-0.25, -0.2) is 0 Å². The van der Waals surface area contributed by atoms with E-state index in [0.717, 1.165) is 0 Å². The van der Waals surface area contributed by atoms with Gasteiger partial charge in [-0.2, -0.15) is 0 Å². The number of hydrogen-bond acceptors (Lipinski definition) is 7. The average molecular weight is 310 g/mol. The van der Waals surface area contributed by atoms with Gasteiger partial charge in [0.2, 0.25) is 11.0 Å². The molecule has 0 bridgehead atoms. The van der Waals surface area contributed by atoms with E-state index in [2.05, 4.69) is 15.5 Å². The van der Waals surface area contributed by atoms with Crippen molar-refractivity contribution in [2.24, 2.45) is 0 Å². The lowest BCUT2D eigenvalue weighted by Crippen LogP contribution is -2.11. The highest BCUT2D eigenvalue weighted by atomic mass is 35.5. The van der Waals surface area contributed by atoms with E-state index in [1.165, 1.54) is 23.1 Å². The van der Waals surface area contributed by atoms with E-state index in [-0.39, 0.29) is 29.9 Å². The molecule has 1 amide bonds. The van der Waals surface area contributed by atoms with Crippen molar-refractivity contribution in [1.82, 2.24) is 10.2 Å². The second kappa shape index (κ2) is 8.28. The maximum Gasteiger partial charge on any atom is 0.316 e. The molecule has 0 radical (unpaired) electrons. The molecule has 0 spiro atoms. The molecule has 0 unspecified atom stereocenters. The van der Waals surface area contributed by atoms with Crippen LogP contribution in [0.2, 0.25) is 0 Å². The minimum absolute atomic E-state index is 0.179. The van der Waals surface area contributed by atoms with Crippen molar-refractivity contribution in [2.75, 3.05) is 23.6 Å². The summed E-state index contributed by atoms with van der Waals surface area (Å²) in [5.41, 5.74) is 0. The fraction of sp³-hybridized carbons (Fsp3) is 0.556. The number of carbonyl (C=O) groups excluding carboxylic acids is 2. The zero-order valence-electron chi connectivity index (χ0n) is 9.64. The first-order valence-corrected chi connectivity index (χ1v) is 7.47. The first kappa shape index (κ1) is 15.2. The Morgan fingerprint density at radius 1 is 1.50 bits per heavy atom. The van der Waals surface area contributed by atoms with Crippen molar-refractivity contribution in [1.29, 1.82) is 0 Å². The highest BCUT2D eigenvalue weighted by molar-refractivity contribution is 8.01. The van der Waals surface area contributed by atoms with Crippen LogP contribution >= 0.6 is 34.7 Å². The van der Waals surface area contributed by atoms with Crippen LogP contribution in [0.15, 0.2) is 4.34 Å². The van der Waals surface area contributed by atoms with E-state index in [1.54, 1.807) is 6.92 Å². The van der Waals surface area contributed by atoms with Crippen LogP contribution in [0.5, 0.6) is 0 Å². The largest absolute Gasteiger partial charge is 0.465 e. The Bertz CT molecular complexity index is 414. The number of hydrogen-bond donors (Lipinski definition) is 1. The van der Waals surface area contributed by atoms with Gasteiger partial charge < -0.3 is 10.1 Å². The summed E-state index contributed by atoms with van der Waals surface area (Å²) in [4.78, 5) is 22.4. The summed E-state index contributed by atoms with van der Waals surface area (Å²) >= 11 is 7.86. The molecule has 100 valence electrons. The molecular formula is C9H12ClN3O3S2. The van der Waals surface area contributed by atoms with Gasteiger partial charge in [0.15, 0.2) is 4.34 Å². The van der Waals surface area contributed by atoms with Crippen LogP contribution in [0.4, 0.5) is 5.13 Å². The predicted octanol–water partition coefficient (Wildman–Crippen LogP) is 1.76. The third-order valence-corrected chi connectivity index (χ3v) is 3.73. The lowest BCUT2D eigenvalue weighted by molar-refractivity contribution is -0.139. The molecule has 9 heteroatoms. The molecule has 1 aromatic heterocycles. The topological polar surface area (TPSA) is 81.2 Å². The minimum atomic E-state index is -0.301. The summed E-state index contributed by atoms with van der Waals surface area (Å²) in [7, 11) is 0. The van der Waals surface area contributed by atoms with Crippen LogP contribution in [0.25, 0.3) is 0 Å². The van der Waals surface area contributed by atoms with Crippen molar-refractivity contribution in [3.8, 4) is 0 Å².